The van der Waals surface area contributed by atoms with E-state index in [0.717, 1.165) is 16.3 Å². The zero-order chi connectivity index (χ0) is 21.0. The molecule has 5 nitrogen and oxygen atoms in total. The van der Waals surface area contributed by atoms with E-state index in [-0.39, 0.29) is 5.91 Å². The lowest BCUT2D eigenvalue weighted by atomic mass is 10.1. The first-order valence-corrected chi connectivity index (χ1v) is 10.0. The van der Waals surface area contributed by atoms with Crippen LogP contribution in [0.3, 0.4) is 0 Å². The Bertz CT molecular complexity index is 1360. The minimum absolute atomic E-state index is 0.192. The van der Waals surface area contributed by atoms with Crippen molar-refractivity contribution in [2.24, 2.45) is 0 Å². The van der Waals surface area contributed by atoms with Gasteiger partial charge in [0.25, 0.3) is 11.8 Å². The smallest absolute Gasteiger partial charge is 0.260 e. The van der Waals surface area contributed by atoms with Crippen molar-refractivity contribution < 1.29 is 9.32 Å². The Balaban J connectivity index is 1.39. The highest BCUT2D eigenvalue weighted by Gasteiger charge is 2.15. The van der Waals surface area contributed by atoms with Gasteiger partial charge in [-0.25, -0.2) is 0 Å². The highest BCUT2D eigenvalue weighted by atomic mass is 16.5. The standard InChI is InChI=1S/C26H19N3O2/c30-25(21-15-14-19-10-4-5-11-20(19)17-21)27-23-13-7-6-12-22(23)26-28-24(29-31-26)16-18-8-2-1-3-9-18/h1-15,17H,16H2,(H,27,30). The number of carbonyl (C=O) groups excluding carboxylic acids is 1. The zero-order valence-corrected chi connectivity index (χ0v) is 16.7. The fourth-order valence-corrected chi connectivity index (χ4v) is 3.52. The summed E-state index contributed by atoms with van der Waals surface area (Å²) in [6.07, 6.45) is 0.579. The van der Waals surface area contributed by atoms with E-state index in [2.05, 4.69) is 15.5 Å². The molecule has 5 aromatic rings. The van der Waals surface area contributed by atoms with Gasteiger partial charge >= 0.3 is 0 Å². The molecule has 1 heterocycles. The van der Waals surface area contributed by atoms with Crippen molar-refractivity contribution in [2.75, 3.05) is 5.32 Å². The van der Waals surface area contributed by atoms with Gasteiger partial charge in [0, 0.05) is 12.0 Å². The van der Waals surface area contributed by atoms with Gasteiger partial charge in [-0.3, -0.25) is 4.79 Å². The molecule has 0 spiro atoms. The quantitative estimate of drug-likeness (QED) is 0.405. The van der Waals surface area contributed by atoms with E-state index in [1.54, 1.807) is 0 Å². The number of fused-ring (bicyclic) bond motifs is 1. The van der Waals surface area contributed by atoms with Crippen molar-refractivity contribution >= 4 is 22.4 Å². The Labute approximate surface area is 179 Å². The van der Waals surface area contributed by atoms with E-state index < -0.39 is 0 Å². The van der Waals surface area contributed by atoms with Crippen molar-refractivity contribution in [3.05, 3.63) is 114 Å². The number of nitrogens with one attached hydrogen (secondary N) is 1. The van der Waals surface area contributed by atoms with Crippen molar-refractivity contribution in [2.45, 2.75) is 6.42 Å². The van der Waals surface area contributed by atoms with Crippen LogP contribution in [-0.2, 0) is 6.42 Å². The van der Waals surface area contributed by atoms with E-state index in [1.807, 2.05) is 97.1 Å². The highest BCUT2D eigenvalue weighted by Crippen LogP contribution is 2.27. The summed E-state index contributed by atoms with van der Waals surface area (Å²) in [5.41, 5.74) is 3.00. The van der Waals surface area contributed by atoms with E-state index >= 15 is 0 Å². The van der Waals surface area contributed by atoms with E-state index in [9.17, 15) is 4.79 Å². The first-order valence-electron chi connectivity index (χ1n) is 10.0. The van der Waals surface area contributed by atoms with Crippen molar-refractivity contribution in [1.82, 2.24) is 10.1 Å². The second kappa shape index (κ2) is 8.24. The van der Waals surface area contributed by atoms with Gasteiger partial charge in [-0.15, -0.1) is 0 Å². The molecule has 0 unspecified atom stereocenters. The van der Waals surface area contributed by atoms with E-state index in [1.165, 1.54) is 0 Å². The predicted octanol–water partition coefficient (Wildman–Crippen LogP) is 5.73. The molecule has 5 rings (SSSR count). The number of rotatable bonds is 5. The van der Waals surface area contributed by atoms with Gasteiger partial charge in [-0.2, -0.15) is 4.98 Å². The summed E-state index contributed by atoms with van der Waals surface area (Å²) in [4.78, 5) is 17.4. The fourth-order valence-electron chi connectivity index (χ4n) is 3.52. The number of anilines is 1. The Morgan fingerprint density at radius 1 is 0.806 bits per heavy atom. The lowest BCUT2D eigenvalue weighted by Crippen LogP contribution is -2.12. The molecular formula is C26H19N3O2. The SMILES string of the molecule is O=C(Nc1ccccc1-c1nc(Cc2ccccc2)no1)c1ccc2ccccc2c1. The molecule has 1 N–H and O–H groups in total. The van der Waals surface area contributed by atoms with Crippen LogP contribution in [0.4, 0.5) is 5.69 Å². The average molecular weight is 405 g/mol. The summed E-state index contributed by atoms with van der Waals surface area (Å²) in [6.45, 7) is 0. The fraction of sp³-hybridized carbons (Fsp3) is 0.0385. The predicted molar refractivity (Wildman–Crippen MR) is 121 cm³/mol. The summed E-state index contributed by atoms with van der Waals surface area (Å²) in [7, 11) is 0. The van der Waals surface area contributed by atoms with Crippen LogP contribution in [0.25, 0.3) is 22.2 Å². The number of hydrogen-bond donors (Lipinski definition) is 1. The van der Waals surface area contributed by atoms with Crippen LogP contribution >= 0.6 is 0 Å². The maximum absolute atomic E-state index is 12.9. The molecule has 0 saturated heterocycles. The van der Waals surface area contributed by atoms with Gasteiger partial charge in [0.05, 0.1) is 11.3 Å². The molecule has 5 heteroatoms. The Morgan fingerprint density at radius 2 is 1.55 bits per heavy atom. The van der Waals surface area contributed by atoms with Gasteiger partial charge in [0.1, 0.15) is 0 Å². The van der Waals surface area contributed by atoms with E-state index in [0.29, 0.717) is 35.0 Å². The molecule has 0 aliphatic carbocycles. The maximum Gasteiger partial charge on any atom is 0.260 e. The first kappa shape index (κ1) is 18.8. The summed E-state index contributed by atoms with van der Waals surface area (Å²) in [5, 5.41) is 9.20. The molecule has 0 aliphatic heterocycles. The summed E-state index contributed by atoms with van der Waals surface area (Å²) in [5.74, 6) is 0.777. The van der Waals surface area contributed by atoms with Crippen LogP contribution in [0.1, 0.15) is 21.7 Å². The summed E-state index contributed by atoms with van der Waals surface area (Å²) >= 11 is 0. The largest absolute Gasteiger partial charge is 0.334 e. The van der Waals surface area contributed by atoms with Crippen molar-refractivity contribution in [3.63, 3.8) is 0 Å². The monoisotopic (exact) mass is 405 g/mol. The maximum atomic E-state index is 12.9. The lowest BCUT2D eigenvalue weighted by Gasteiger charge is -2.09. The van der Waals surface area contributed by atoms with Gasteiger partial charge in [-0.1, -0.05) is 78.0 Å². The minimum Gasteiger partial charge on any atom is -0.334 e. The molecule has 1 amide bonds. The number of aromatic nitrogens is 2. The van der Waals surface area contributed by atoms with Crippen LogP contribution in [0, 0.1) is 0 Å². The number of amides is 1. The van der Waals surface area contributed by atoms with Gasteiger partial charge in [-0.05, 0) is 40.6 Å². The molecule has 0 atom stereocenters. The molecule has 31 heavy (non-hydrogen) atoms. The average Bonchev–Trinajstić information content (AvgIpc) is 3.28. The topological polar surface area (TPSA) is 68.0 Å². The van der Waals surface area contributed by atoms with E-state index in [4.69, 9.17) is 4.52 Å². The first-order chi connectivity index (χ1) is 15.3. The van der Waals surface area contributed by atoms with Gasteiger partial charge < -0.3 is 9.84 Å². The molecule has 4 aromatic carbocycles. The zero-order valence-electron chi connectivity index (χ0n) is 16.7. The Morgan fingerprint density at radius 3 is 2.42 bits per heavy atom. The van der Waals surface area contributed by atoms with Crippen molar-refractivity contribution in [1.29, 1.82) is 0 Å². The van der Waals surface area contributed by atoms with Gasteiger partial charge in [0.2, 0.25) is 0 Å². The molecular weight excluding hydrogens is 386 g/mol. The second-order valence-corrected chi connectivity index (χ2v) is 7.24. The number of nitrogens with zero attached hydrogens (tertiary/aromatic N) is 2. The Kier molecular flexibility index (Phi) is 4.99. The summed E-state index contributed by atoms with van der Waals surface area (Å²) < 4.78 is 5.50. The van der Waals surface area contributed by atoms with Crippen LogP contribution in [-0.4, -0.2) is 16.0 Å². The third-order valence-corrected chi connectivity index (χ3v) is 5.09. The number of benzene rings is 4. The molecule has 0 aliphatic rings. The minimum atomic E-state index is -0.192. The molecule has 0 fully saturated rings. The molecule has 0 saturated carbocycles. The molecule has 0 radical (unpaired) electrons. The number of hydrogen-bond acceptors (Lipinski definition) is 4. The van der Waals surface area contributed by atoms with Crippen LogP contribution in [0.15, 0.2) is 102 Å². The normalized spacial score (nSPS) is 10.8. The third-order valence-electron chi connectivity index (χ3n) is 5.09. The second-order valence-electron chi connectivity index (χ2n) is 7.24. The van der Waals surface area contributed by atoms with Crippen LogP contribution in [0.5, 0.6) is 0 Å². The van der Waals surface area contributed by atoms with Crippen molar-refractivity contribution in [3.8, 4) is 11.5 Å². The van der Waals surface area contributed by atoms with Gasteiger partial charge in [0.15, 0.2) is 5.82 Å². The van der Waals surface area contributed by atoms with Crippen LogP contribution in [0.2, 0.25) is 0 Å². The molecule has 1 aromatic heterocycles. The summed E-state index contributed by atoms with van der Waals surface area (Å²) in [6, 6.07) is 31.0. The van der Waals surface area contributed by atoms with Crippen LogP contribution < -0.4 is 5.32 Å². The molecule has 0 bridgehead atoms. The number of para-hydroxylation sites is 1. The third kappa shape index (κ3) is 4.07. The molecule has 150 valence electrons. The Hall–Kier alpha value is -4.25. The highest BCUT2D eigenvalue weighted by molar-refractivity contribution is 6.07. The lowest BCUT2D eigenvalue weighted by molar-refractivity contribution is 0.102. The number of carbonyl (C=O) groups is 1.